The number of Topliss-reactive ketones (excluding diaryl/α,β-unsaturated/α-hetero) is 1. The van der Waals surface area contributed by atoms with Crippen LogP contribution in [-0.2, 0) is 14.9 Å². The quantitative estimate of drug-likeness (QED) is 0.758. The van der Waals surface area contributed by atoms with Crippen molar-refractivity contribution in [3.63, 3.8) is 0 Å². The first-order chi connectivity index (χ1) is 9.08. The number of carbonyl (C=O) groups is 1. The van der Waals surface area contributed by atoms with Gasteiger partial charge in [-0.15, -0.1) is 0 Å². The van der Waals surface area contributed by atoms with Crippen molar-refractivity contribution in [3.8, 4) is 0 Å². The van der Waals surface area contributed by atoms with Gasteiger partial charge in [-0.2, -0.15) is 8.42 Å². The minimum absolute atomic E-state index is 0.0152. The first-order valence-corrected chi connectivity index (χ1v) is 8.91. The number of nitrogens with one attached hydrogen (secondary N) is 1. The average Bonchev–Trinajstić information content (AvgIpc) is 2.58. The number of hydrogen-bond acceptors (Lipinski definition) is 4. The van der Waals surface area contributed by atoms with Crippen LogP contribution in [0.5, 0.6) is 0 Å². The molecule has 0 aromatic carbocycles. The van der Waals surface area contributed by atoms with Crippen molar-refractivity contribution in [2.75, 3.05) is 12.3 Å². The Morgan fingerprint density at radius 3 is 2.15 bits per heavy atom. The number of carbonyl (C=O) groups excluding carboxylic acids is 1. The maximum absolute atomic E-state index is 11.9. The maximum Gasteiger partial charge on any atom is 0.265 e. The molecule has 116 valence electrons. The van der Waals surface area contributed by atoms with Gasteiger partial charge < -0.3 is 5.32 Å². The van der Waals surface area contributed by atoms with E-state index in [1.54, 1.807) is 0 Å². The van der Waals surface area contributed by atoms with Crippen molar-refractivity contribution >= 4 is 15.9 Å². The molecule has 0 spiro atoms. The molecule has 20 heavy (non-hydrogen) atoms. The van der Waals surface area contributed by atoms with E-state index in [1.165, 1.54) is 13.0 Å². The van der Waals surface area contributed by atoms with Crippen LogP contribution < -0.4 is 5.32 Å². The van der Waals surface area contributed by atoms with Gasteiger partial charge in [0.2, 0.25) is 0 Å². The minimum atomic E-state index is -4.08. The van der Waals surface area contributed by atoms with Crippen LogP contribution in [0.3, 0.4) is 0 Å². The van der Waals surface area contributed by atoms with Crippen LogP contribution in [0.25, 0.3) is 0 Å². The highest BCUT2D eigenvalue weighted by atomic mass is 32.2. The van der Waals surface area contributed by atoms with Crippen LogP contribution in [0.2, 0.25) is 0 Å². The Labute approximate surface area is 121 Å². The molecule has 2 bridgehead atoms. The van der Waals surface area contributed by atoms with Crippen molar-refractivity contribution in [1.29, 1.82) is 0 Å². The molecule has 0 radical (unpaired) electrons. The highest BCUT2D eigenvalue weighted by Gasteiger charge is 2.65. The second-order valence-electron chi connectivity index (χ2n) is 7.04. The van der Waals surface area contributed by atoms with E-state index >= 15 is 0 Å². The Morgan fingerprint density at radius 1 is 1.35 bits per heavy atom. The smallest absolute Gasteiger partial charge is 0.265 e. The van der Waals surface area contributed by atoms with E-state index in [2.05, 4.69) is 12.2 Å². The summed E-state index contributed by atoms with van der Waals surface area (Å²) in [5.74, 6) is -0.101. The Morgan fingerprint density at radius 2 is 1.90 bits per heavy atom. The van der Waals surface area contributed by atoms with Crippen molar-refractivity contribution in [3.05, 3.63) is 0 Å². The number of ketones is 1. The van der Waals surface area contributed by atoms with Crippen LogP contribution in [-0.4, -0.2) is 37.1 Å². The van der Waals surface area contributed by atoms with Gasteiger partial charge in [0.25, 0.3) is 10.1 Å². The van der Waals surface area contributed by atoms with E-state index in [0.717, 1.165) is 12.5 Å². The van der Waals surface area contributed by atoms with E-state index in [0.29, 0.717) is 12.8 Å². The molecular formula is C14H25NO4S. The van der Waals surface area contributed by atoms with Crippen molar-refractivity contribution in [2.24, 2.45) is 16.7 Å². The van der Waals surface area contributed by atoms with Gasteiger partial charge in [-0.1, -0.05) is 13.8 Å². The molecule has 0 aromatic rings. The fourth-order valence-corrected chi connectivity index (χ4v) is 5.15. The summed E-state index contributed by atoms with van der Waals surface area (Å²) in [6, 6.07) is 0.815. The molecule has 3 atom stereocenters. The lowest BCUT2D eigenvalue weighted by Crippen LogP contribution is -2.42. The molecular weight excluding hydrogens is 278 g/mol. The normalized spacial score (nSPS) is 38.1. The van der Waals surface area contributed by atoms with E-state index in [-0.39, 0.29) is 17.1 Å². The maximum atomic E-state index is 11.9. The first-order valence-electron chi connectivity index (χ1n) is 7.30. The topological polar surface area (TPSA) is 83.5 Å². The van der Waals surface area contributed by atoms with Crippen molar-refractivity contribution in [1.82, 2.24) is 5.32 Å². The lowest BCUT2D eigenvalue weighted by atomic mass is 9.70. The van der Waals surface area contributed by atoms with Gasteiger partial charge in [0.15, 0.2) is 0 Å². The summed E-state index contributed by atoms with van der Waals surface area (Å²) in [4.78, 5) is 11.9. The van der Waals surface area contributed by atoms with Crippen LogP contribution >= 0.6 is 0 Å². The van der Waals surface area contributed by atoms with Gasteiger partial charge in [-0.3, -0.25) is 9.35 Å². The summed E-state index contributed by atoms with van der Waals surface area (Å²) in [6.45, 7) is 7.33. The SMILES string of the molecule is CC1(C)[C@@H]2CC[C@@]1(CS(=O)(=O)O)C(=O)C2.CC1CCN1. The highest BCUT2D eigenvalue weighted by Crippen LogP contribution is 2.64. The van der Waals surface area contributed by atoms with Crippen LogP contribution in [0, 0.1) is 16.7 Å². The van der Waals surface area contributed by atoms with Gasteiger partial charge in [0.1, 0.15) is 5.78 Å². The second kappa shape index (κ2) is 5.07. The van der Waals surface area contributed by atoms with E-state index < -0.39 is 21.3 Å². The third kappa shape index (κ3) is 2.65. The highest BCUT2D eigenvalue weighted by molar-refractivity contribution is 7.85. The molecule has 1 aliphatic heterocycles. The first kappa shape index (κ1) is 15.9. The monoisotopic (exact) mass is 303 g/mol. The Balaban J connectivity index is 0.000000247. The Bertz CT molecular complexity index is 495. The zero-order chi connectivity index (χ0) is 15.2. The van der Waals surface area contributed by atoms with Crippen molar-refractivity contribution < 1.29 is 17.8 Å². The standard InChI is InChI=1S/C10H16O4S.C4H9N/c1-9(2)7-3-4-10(9,8(11)5-7)6-15(12,13)14;1-4-2-3-5-4/h7H,3-6H2,1-2H3,(H,12,13,14);4-5H,2-3H2,1H3/t7-,10-;/m1./s1. The lowest BCUT2D eigenvalue weighted by Gasteiger charge is -2.35. The second-order valence-corrected chi connectivity index (χ2v) is 8.49. The van der Waals surface area contributed by atoms with E-state index in [1.807, 2.05) is 13.8 Å². The minimum Gasteiger partial charge on any atom is -0.314 e. The molecule has 3 aliphatic rings. The molecule has 2 aliphatic carbocycles. The third-order valence-electron chi connectivity index (χ3n) is 5.64. The van der Waals surface area contributed by atoms with Crippen LogP contribution in [0.4, 0.5) is 0 Å². The van der Waals surface area contributed by atoms with Crippen molar-refractivity contribution in [2.45, 2.75) is 52.5 Å². The fraction of sp³-hybridized carbons (Fsp3) is 0.929. The summed E-state index contributed by atoms with van der Waals surface area (Å²) < 4.78 is 31.0. The molecule has 3 rings (SSSR count). The van der Waals surface area contributed by atoms with Crippen LogP contribution in [0.15, 0.2) is 0 Å². The molecule has 2 N–H and O–H groups in total. The van der Waals surface area contributed by atoms with Gasteiger partial charge in [-0.05, 0) is 44.1 Å². The number of rotatable bonds is 2. The van der Waals surface area contributed by atoms with E-state index in [4.69, 9.17) is 4.55 Å². The van der Waals surface area contributed by atoms with Gasteiger partial charge in [0.05, 0.1) is 11.2 Å². The predicted molar refractivity (Wildman–Crippen MR) is 77.1 cm³/mol. The zero-order valence-corrected chi connectivity index (χ0v) is 13.3. The molecule has 1 unspecified atom stereocenters. The molecule has 0 aromatic heterocycles. The summed E-state index contributed by atoms with van der Waals surface area (Å²) in [5, 5.41) is 3.21. The van der Waals surface area contributed by atoms with Gasteiger partial charge in [-0.25, -0.2) is 0 Å². The van der Waals surface area contributed by atoms with Gasteiger partial charge in [0, 0.05) is 12.5 Å². The summed E-state index contributed by atoms with van der Waals surface area (Å²) in [7, 11) is -4.08. The average molecular weight is 303 g/mol. The lowest BCUT2D eigenvalue weighted by molar-refractivity contribution is -0.128. The molecule has 6 heteroatoms. The molecule has 5 nitrogen and oxygen atoms in total. The van der Waals surface area contributed by atoms with Crippen LogP contribution in [0.1, 0.15) is 46.5 Å². The van der Waals surface area contributed by atoms with E-state index in [9.17, 15) is 13.2 Å². The third-order valence-corrected chi connectivity index (χ3v) is 6.50. The molecule has 1 heterocycles. The molecule has 1 saturated heterocycles. The molecule has 2 saturated carbocycles. The summed E-state index contributed by atoms with van der Waals surface area (Å²) in [5.41, 5.74) is -1.12. The summed E-state index contributed by atoms with van der Waals surface area (Å²) in [6.07, 6.45) is 3.35. The summed E-state index contributed by atoms with van der Waals surface area (Å²) >= 11 is 0. The Kier molecular flexibility index (Phi) is 4.04. The number of hydrogen-bond donors (Lipinski definition) is 2. The largest absolute Gasteiger partial charge is 0.314 e. The predicted octanol–water partition coefficient (Wildman–Crippen LogP) is 1.64. The molecule has 0 amide bonds. The number of fused-ring (bicyclic) bond motifs is 2. The van der Waals surface area contributed by atoms with Gasteiger partial charge >= 0.3 is 0 Å². The fourth-order valence-electron chi connectivity index (χ4n) is 3.85. The Hall–Kier alpha value is -0.460. The zero-order valence-electron chi connectivity index (χ0n) is 12.5. The molecule has 3 fully saturated rings.